The van der Waals surface area contributed by atoms with Gasteiger partial charge in [-0.05, 0) is 18.8 Å². The third kappa shape index (κ3) is 2.37. The van der Waals surface area contributed by atoms with Crippen LogP contribution < -0.4 is 11.1 Å². The van der Waals surface area contributed by atoms with Crippen molar-refractivity contribution < 1.29 is 0 Å². The lowest BCUT2D eigenvalue weighted by molar-refractivity contribution is 0.308. The van der Waals surface area contributed by atoms with Gasteiger partial charge >= 0.3 is 0 Å². The Morgan fingerprint density at radius 3 is 2.80 bits per heavy atom. The van der Waals surface area contributed by atoms with Crippen LogP contribution >= 0.6 is 0 Å². The second-order valence-corrected chi connectivity index (χ2v) is 4.37. The van der Waals surface area contributed by atoms with E-state index in [-0.39, 0.29) is 0 Å². The van der Waals surface area contributed by atoms with E-state index in [9.17, 15) is 0 Å². The van der Waals surface area contributed by atoms with Crippen LogP contribution in [0.4, 0.5) is 11.6 Å². The molecule has 1 saturated carbocycles. The fraction of sp³-hybridized carbons (Fsp3) is 0.636. The molecule has 0 atom stereocenters. The number of nitrogens with one attached hydrogen (secondary N) is 1. The van der Waals surface area contributed by atoms with E-state index in [1.54, 1.807) is 0 Å². The first-order valence-electron chi connectivity index (χ1n) is 5.57. The summed E-state index contributed by atoms with van der Waals surface area (Å²) in [6.45, 7) is 4.30. The molecule has 1 fully saturated rings. The molecule has 2 rings (SSSR count). The number of aromatic nitrogens is 2. The van der Waals surface area contributed by atoms with Gasteiger partial charge < -0.3 is 11.1 Å². The number of nitrogens with zero attached hydrogens (tertiary/aromatic N) is 2. The molecule has 0 saturated heterocycles. The molecule has 3 N–H and O–H groups in total. The Bertz CT molecular complexity index is 344. The fourth-order valence-corrected chi connectivity index (χ4v) is 1.98. The minimum atomic E-state index is 0.553. The second kappa shape index (κ2) is 4.04. The van der Waals surface area contributed by atoms with Gasteiger partial charge in [-0.3, -0.25) is 0 Å². The third-order valence-corrected chi connectivity index (χ3v) is 2.83. The fourth-order valence-electron chi connectivity index (χ4n) is 1.98. The minimum Gasteiger partial charge on any atom is -0.384 e. The highest BCUT2D eigenvalue weighted by Crippen LogP contribution is 2.29. The Labute approximate surface area is 90.3 Å². The topological polar surface area (TPSA) is 63.8 Å². The van der Waals surface area contributed by atoms with Crippen LogP contribution in [0.3, 0.4) is 0 Å². The van der Waals surface area contributed by atoms with Crippen molar-refractivity contribution in [3.63, 3.8) is 0 Å². The molecule has 0 bridgehead atoms. The van der Waals surface area contributed by atoms with Crippen LogP contribution in [-0.4, -0.2) is 16.0 Å². The smallest absolute Gasteiger partial charge is 0.132 e. The van der Waals surface area contributed by atoms with Crippen molar-refractivity contribution in [2.45, 2.75) is 39.2 Å². The summed E-state index contributed by atoms with van der Waals surface area (Å²) < 4.78 is 0. The van der Waals surface area contributed by atoms with Gasteiger partial charge in [-0.15, -0.1) is 0 Å². The normalized spacial score (nSPS) is 24.7. The minimum absolute atomic E-state index is 0.553. The van der Waals surface area contributed by atoms with Crippen molar-refractivity contribution in [2.24, 2.45) is 5.92 Å². The largest absolute Gasteiger partial charge is 0.384 e. The third-order valence-electron chi connectivity index (χ3n) is 2.83. The van der Waals surface area contributed by atoms with Crippen molar-refractivity contribution in [3.8, 4) is 0 Å². The van der Waals surface area contributed by atoms with E-state index in [1.165, 1.54) is 12.8 Å². The van der Waals surface area contributed by atoms with E-state index in [2.05, 4.69) is 22.2 Å². The first kappa shape index (κ1) is 10.2. The predicted molar refractivity (Wildman–Crippen MR) is 61.6 cm³/mol. The second-order valence-electron chi connectivity index (χ2n) is 4.37. The Morgan fingerprint density at radius 1 is 1.47 bits per heavy atom. The van der Waals surface area contributed by atoms with Crippen molar-refractivity contribution in [2.75, 3.05) is 11.1 Å². The van der Waals surface area contributed by atoms with E-state index in [0.717, 1.165) is 24.0 Å². The first-order valence-corrected chi connectivity index (χ1v) is 5.57. The van der Waals surface area contributed by atoms with Crippen LogP contribution in [-0.2, 0) is 6.42 Å². The number of hydrogen-bond donors (Lipinski definition) is 2. The highest BCUT2D eigenvalue weighted by Gasteiger charge is 2.25. The van der Waals surface area contributed by atoms with Crippen molar-refractivity contribution >= 4 is 11.6 Å². The Morgan fingerprint density at radius 2 is 2.20 bits per heavy atom. The molecule has 1 aliphatic carbocycles. The standard InChI is InChI=1S/C11H18N4/c1-3-10-14-9(12)6-11(15-10)13-8-4-7(2)5-8/h6-8H,3-5H2,1-2H3,(H3,12,13,14,15). The van der Waals surface area contributed by atoms with E-state index in [1.807, 2.05) is 13.0 Å². The van der Waals surface area contributed by atoms with Gasteiger partial charge in [-0.1, -0.05) is 13.8 Å². The van der Waals surface area contributed by atoms with Crippen LogP contribution in [0, 0.1) is 5.92 Å². The summed E-state index contributed by atoms with van der Waals surface area (Å²) in [6, 6.07) is 2.38. The van der Waals surface area contributed by atoms with Crippen molar-refractivity contribution in [3.05, 3.63) is 11.9 Å². The molecule has 0 aromatic carbocycles. The summed E-state index contributed by atoms with van der Waals surface area (Å²) in [5.41, 5.74) is 5.71. The molecule has 1 aromatic heterocycles. The molecule has 4 heteroatoms. The number of nitrogens with two attached hydrogens (primary N) is 1. The van der Waals surface area contributed by atoms with Gasteiger partial charge in [0.1, 0.15) is 17.5 Å². The summed E-state index contributed by atoms with van der Waals surface area (Å²) in [4.78, 5) is 8.54. The molecule has 4 nitrogen and oxygen atoms in total. The first-order chi connectivity index (χ1) is 7.17. The average molecular weight is 206 g/mol. The Balaban J connectivity index is 2.04. The molecule has 1 heterocycles. The van der Waals surface area contributed by atoms with Crippen LogP contribution in [0.5, 0.6) is 0 Å². The van der Waals surface area contributed by atoms with Gasteiger partial charge in [-0.25, -0.2) is 9.97 Å². The van der Waals surface area contributed by atoms with Gasteiger partial charge in [-0.2, -0.15) is 0 Å². The molecule has 1 aliphatic rings. The van der Waals surface area contributed by atoms with E-state index in [0.29, 0.717) is 11.9 Å². The Kier molecular flexibility index (Phi) is 2.75. The van der Waals surface area contributed by atoms with Crippen LogP contribution in [0.1, 0.15) is 32.5 Å². The average Bonchev–Trinajstić information content (AvgIpc) is 2.14. The van der Waals surface area contributed by atoms with Crippen LogP contribution in [0.15, 0.2) is 6.07 Å². The summed E-state index contributed by atoms with van der Waals surface area (Å²) >= 11 is 0. The van der Waals surface area contributed by atoms with E-state index >= 15 is 0 Å². The van der Waals surface area contributed by atoms with E-state index < -0.39 is 0 Å². The summed E-state index contributed by atoms with van der Waals surface area (Å²) in [7, 11) is 0. The summed E-state index contributed by atoms with van der Waals surface area (Å²) in [5.74, 6) is 3.07. The zero-order valence-electron chi connectivity index (χ0n) is 9.33. The molecule has 0 unspecified atom stereocenters. The molecule has 0 spiro atoms. The van der Waals surface area contributed by atoms with Gasteiger partial charge in [0.2, 0.25) is 0 Å². The highest BCUT2D eigenvalue weighted by molar-refractivity contribution is 5.45. The van der Waals surface area contributed by atoms with Gasteiger partial charge in [0.15, 0.2) is 0 Å². The number of nitrogen functional groups attached to an aromatic ring is 1. The number of rotatable bonds is 3. The lowest BCUT2D eigenvalue weighted by atomic mass is 9.82. The number of aryl methyl sites for hydroxylation is 1. The molecule has 0 amide bonds. The molecule has 15 heavy (non-hydrogen) atoms. The Hall–Kier alpha value is -1.32. The lowest BCUT2D eigenvalue weighted by Gasteiger charge is -2.33. The zero-order chi connectivity index (χ0) is 10.8. The molecular formula is C11H18N4. The summed E-state index contributed by atoms with van der Waals surface area (Å²) in [6.07, 6.45) is 3.28. The molecule has 1 aromatic rings. The van der Waals surface area contributed by atoms with Gasteiger partial charge in [0, 0.05) is 18.5 Å². The number of anilines is 2. The summed E-state index contributed by atoms with van der Waals surface area (Å²) in [5, 5.41) is 3.39. The predicted octanol–water partition coefficient (Wildman–Crippen LogP) is 1.83. The van der Waals surface area contributed by atoms with Crippen molar-refractivity contribution in [1.29, 1.82) is 0 Å². The van der Waals surface area contributed by atoms with Crippen molar-refractivity contribution in [1.82, 2.24) is 9.97 Å². The monoisotopic (exact) mass is 206 g/mol. The highest BCUT2D eigenvalue weighted by atomic mass is 15.1. The van der Waals surface area contributed by atoms with Gasteiger partial charge in [0.05, 0.1) is 0 Å². The zero-order valence-corrected chi connectivity index (χ0v) is 9.33. The molecule has 0 radical (unpaired) electrons. The molecule has 82 valence electrons. The molecular weight excluding hydrogens is 188 g/mol. The quantitative estimate of drug-likeness (QED) is 0.792. The maximum atomic E-state index is 5.71. The van der Waals surface area contributed by atoms with Gasteiger partial charge in [0.25, 0.3) is 0 Å². The van der Waals surface area contributed by atoms with Crippen LogP contribution in [0.2, 0.25) is 0 Å². The lowest BCUT2D eigenvalue weighted by Crippen LogP contribution is -2.34. The maximum Gasteiger partial charge on any atom is 0.132 e. The molecule has 0 aliphatic heterocycles. The van der Waals surface area contributed by atoms with Crippen LogP contribution in [0.25, 0.3) is 0 Å². The maximum absolute atomic E-state index is 5.71. The van der Waals surface area contributed by atoms with E-state index in [4.69, 9.17) is 5.73 Å². The SMILES string of the molecule is CCc1nc(N)cc(NC2CC(C)C2)n1. The number of hydrogen-bond acceptors (Lipinski definition) is 4.